The standard InChI is InChI=1S/C10H16N2O2/c1-8(2)4-6-12-7-9(3-5-11)14-10(12)13/h8-9H,3-4,6-7H2,1-2H3. The molecule has 1 atom stereocenters. The van der Waals surface area contributed by atoms with E-state index in [1.165, 1.54) is 0 Å². The Labute approximate surface area is 84.4 Å². The van der Waals surface area contributed by atoms with Gasteiger partial charge in [-0.1, -0.05) is 13.8 Å². The van der Waals surface area contributed by atoms with Gasteiger partial charge in [-0.05, 0) is 12.3 Å². The third kappa shape index (κ3) is 2.91. The van der Waals surface area contributed by atoms with Crippen LogP contribution in [0.1, 0.15) is 26.7 Å². The molecule has 4 heteroatoms. The van der Waals surface area contributed by atoms with Gasteiger partial charge < -0.3 is 9.64 Å². The van der Waals surface area contributed by atoms with Gasteiger partial charge in [0.15, 0.2) is 0 Å². The minimum atomic E-state index is -0.272. The van der Waals surface area contributed by atoms with E-state index in [2.05, 4.69) is 13.8 Å². The first-order chi connectivity index (χ1) is 6.63. The molecule has 1 heterocycles. The van der Waals surface area contributed by atoms with Crippen molar-refractivity contribution in [2.75, 3.05) is 13.1 Å². The molecule has 14 heavy (non-hydrogen) atoms. The number of hydrogen-bond acceptors (Lipinski definition) is 3. The Balaban J connectivity index is 2.34. The Kier molecular flexibility index (Phi) is 3.75. The Hall–Kier alpha value is -1.24. The van der Waals surface area contributed by atoms with E-state index in [4.69, 9.17) is 10.00 Å². The van der Waals surface area contributed by atoms with Crippen LogP contribution in [-0.4, -0.2) is 30.2 Å². The molecular weight excluding hydrogens is 180 g/mol. The second-order valence-corrected chi connectivity index (χ2v) is 4.00. The van der Waals surface area contributed by atoms with E-state index < -0.39 is 0 Å². The molecule has 1 rings (SSSR count). The zero-order valence-corrected chi connectivity index (χ0v) is 8.69. The number of nitrogens with zero attached hydrogens (tertiary/aromatic N) is 2. The van der Waals surface area contributed by atoms with Gasteiger partial charge in [-0.25, -0.2) is 4.79 Å². The van der Waals surface area contributed by atoms with Crippen molar-refractivity contribution >= 4 is 6.09 Å². The molecule has 0 aromatic heterocycles. The summed E-state index contributed by atoms with van der Waals surface area (Å²) in [4.78, 5) is 12.9. The number of hydrogen-bond donors (Lipinski definition) is 0. The maximum Gasteiger partial charge on any atom is 0.410 e. The fourth-order valence-corrected chi connectivity index (χ4v) is 1.38. The molecule has 4 nitrogen and oxygen atoms in total. The molecule has 0 spiro atoms. The van der Waals surface area contributed by atoms with Crippen molar-refractivity contribution in [3.05, 3.63) is 0 Å². The summed E-state index contributed by atoms with van der Waals surface area (Å²) in [5.74, 6) is 0.581. The summed E-state index contributed by atoms with van der Waals surface area (Å²) >= 11 is 0. The summed E-state index contributed by atoms with van der Waals surface area (Å²) in [6.45, 7) is 5.54. The van der Waals surface area contributed by atoms with Gasteiger partial charge in [0.1, 0.15) is 6.10 Å². The number of carbonyl (C=O) groups excluding carboxylic acids is 1. The summed E-state index contributed by atoms with van der Waals surface area (Å²) in [5.41, 5.74) is 0. The Morgan fingerprint density at radius 1 is 1.71 bits per heavy atom. The topological polar surface area (TPSA) is 53.3 Å². The predicted molar refractivity (Wildman–Crippen MR) is 51.5 cm³/mol. The first-order valence-electron chi connectivity index (χ1n) is 4.96. The third-order valence-electron chi connectivity index (χ3n) is 2.25. The van der Waals surface area contributed by atoms with Gasteiger partial charge in [0.2, 0.25) is 0 Å². The van der Waals surface area contributed by atoms with E-state index in [0.29, 0.717) is 18.9 Å². The molecule has 0 aliphatic carbocycles. The Morgan fingerprint density at radius 2 is 2.43 bits per heavy atom. The second kappa shape index (κ2) is 4.85. The average Bonchev–Trinajstić information content (AvgIpc) is 2.44. The molecule has 1 aliphatic heterocycles. The molecule has 0 bridgehead atoms. The lowest BCUT2D eigenvalue weighted by Gasteiger charge is -2.13. The number of nitriles is 1. The van der Waals surface area contributed by atoms with E-state index in [-0.39, 0.29) is 12.2 Å². The number of carbonyl (C=O) groups is 1. The highest BCUT2D eigenvalue weighted by Crippen LogP contribution is 2.15. The number of ether oxygens (including phenoxy) is 1. The summed E-state index contributed by atoms with van der Waals surface area (Å²) in [5, 5.41) is 8.46. The highest BCUT2D eigenvalue weighted by atomic mass is 16.6. The van der Waals surface area contributed by atoms with Gasteiger partial charge in [0.25, 0.3) is 0 Å². The normalized spacial score (nSPS) is 21.1. The van der Waals surface area contributed by atoms with Crippen LogP contribution < -0.4 is 0 Å². The monoisotopic (exact) mass is 196 g/mol. The van der Waals surface area contributed by atoms with Crippen LogP contribution in [0.15, 0.2) is 0 Å². The number of cyclic esters (lactones) is 1. The van der Waals surface area contributed by atoms with Crippen LogP contribution >= 0.6 is 0 Å². The van der Waals surface area contributed by atoms with Crippen LogP contribution in [0, 0.1) is 17.2 Å². The molecule has 1 amide bonds. The molecule has 0 radical (unpaired) electrons. The van der Waals surface area contributed by atoms with Crippen molar-refractivity contribution in [2.45, 2.75) is 32.8 Å². The van der Waals surface area contributed by atoms with E-state index >= 15 is 0 Å². The van der Waals surface area contributed by atoms with Gasteiger partial charge in [-0.2, -0.15) is 5.26 Å². The molecular formula is C10H16N2O2. The van der Waals surface area contributed by atoms with Gasteiger partial charge in [-0.15, -0.1) is 0 Å². The van der Waals surface area contributed by atoms with Gasteiger partial charge >= 0.3 is 6.09 Å². The van der Waals surface area contributed by atoms with E-state index in [9.17, 15) is 4.79 Å². The van der Waals surface area contributed by atoms with Crippen LogP contribution in [0.25, 0.3) is 0 Å². The zero-order valence-electron chi connectivity index (χ0n) is 8.69. The van der Waals surface area contributed by atoms with Crippen molar-refractivity contribution in [1.82, 2.24) is 4.90 Å². The van der Waals surface area contributed by atoms with Crippen molar-refractivity contribution in [2.24, 2.45) is 5.92 Å². The second-order valence-electron chi connectivity index (χ2n) is 4.00. The minimum absolute atomic E-state index is 0.223. The Morgan fingerprint density at radius 3 is 3.00 bits per heavy atom. The molecule has 0 aromatic rings. The highest BCUT2D eigenvalue weighted by molar-refractivity contribution is 5.69. The largest absolute Gasteiger partial charge is 0.443 e. The SMILES string of the molecule is CC(C)CCN1CC(CC#N)OC1=O. The first-order valence-corrected chi connectivity index (χ1v) is 4.96. The summed E-state index contributed by atoms with van der Waals surface area (Å²) in [7, 11) is 0. The lowest BCUT2D eigenvalue weighted by atomic mass is 10.1. The third-order valence-corrected chi connectivity index (χ3v) is 2.25. The minimum Gasteiger partial charge on any atom is -0.443 e. The molecule has 0 N–H and O–H groups in total. The van der Waals surface area contributed by atoms with Crippen LogP contribution in [0.4, 0.5) is 4.79 Å². The maximum absolute atomic E-state index is 11.3. The Bertz CT molecular complexity index is 245. The molecule has 78 valence electrons. The van der Waals surface area contributed by atoms with Crippen LogP contribution in [0.2, 0.25) is 0 Å². The molecule has 0 saturated carbocycles. The van der Waals surface area contributed by atoms with E-state index in [1.807, 2.05) is 6.07 Å². The van der Waals surface area contributed by atoms with Crippen LogP contribution in [0.5, 0.6) is 0 Å². The van der Waals surface area contributed by atoms with Gasteiger partial charge in [0.05, 0.1) is 19.0 Å². The summed E-state index contributed by atoms with van der Waals surface area (Å²) < 4.78 is 5.01. The quantitative estimate of drug-likeness (QED) is 0.688. The van der Waals surface area contributed by atoms with Crippen molar-refractivity contribution in [1.29, 1.82) is 5.26 Å². The van der Waals surface area contributed by atoms with Gasteiger partial charge in [-0.3, -0.25) is 0 Å². The molecule has 1 unspecified atom stereocenters. The fraction of sp³-hybridized carbons (Fsp3) is 0.800. The van der Waals surface area contributed by atoms with E-state index in [0.717, 1.165) is 13.0 Å². The van der Waals surface area contributed by atoms with E-state index in [1.54, 1.807) is 4.90 Å². The van der Waals surface area contributed by atoms with Crippen LogP contribution in [0.3, 0.4) is 0 Å². The highest BCUT2D eigenvalue weighted by Gasteiger charge is 2.30. The number of amides is 1. The smallest absolute Gasteiger partial charge is 0.410 e. The average molecular weight is 196 g/mol. The molecule has 0 aromatic carbocycles. The summed E-state index contributed by atoms with van der Waals surface area (Å²) in [6, 6.07) is 2.01. The summed E-state index contributed by atoms with van der Waals surface area (Å²) in [6.07, 6.45) is 0.781. The lowest BCUT2D eigenvalue weighted by molar-refractivity contribution is 0.133. The zero-order chi connectivity index (χ0) is 10.6. The lowest BCUT2D eigenvalue weighted by Crippen LogP contribution is -2.27. The van der Waals surface area contributed by atoms with Crippen LogP contribution in [-0.2, 0) is 4.74 Å². The molecule has 1 aliphatic rings. The van der Waals surface area contributed by atoms with Crippen molar-refractivity contribution in [3.63, 3.8) is 0 Å². The predicted octanol–water partition coefficient (Wildman–Crippen LogP) is 1.77. The first kappa shape index (κ1) is 10.8. The molecule has 1 saturated heterocycles. The fourth-order valence-electron chi connectivity index (χ4n) is 1.38. The van der Waals surface area contributed by atoms with Gasteiger partial charge in [0, 0.05) is 6.54 Å². The maximum atomic E-state index is 11.3. The van der Waals surface area contributed by atoms with Crippen molar-refractivity contribution in [3.8, 4) is 6.07 Å². The van der Waals surface area contributed by atoms with Crippen molar-refractivity contribution < 1.29 is 9.53 Å². The molecule has 1 fully saturated rings. The number of rotatable bonds is 4.